The summed E-state index contributed by atoms with van der Waals surface area (Å²) in [6.07, 6.45) is -0.758. The van der Waals surface area contributed by atoms with E-state index in [-0.39, 0.29) is 5.69 Å². The third-order valence-electron chi connectivity index (χ3n) is 1.85. The van der Waals surface area contributed by atoms with Gasteiger partial charge in [0, 0.05) is 0 Å². The largest absolute Gasteiger partial charge is 0.477 e. The summed E-state index contributed by atoms with van der Waals surface area (Å²) in [4.78, 5) is 14.4. The molecule has 0 saturated heterocycles. The molecule has 0 aromatic carbocycles. The molecule has 0 aliphatic heterocycles. The van der Waals surface area contributed by atoms with E-state index in [1.54, 1.807) is 12.1 Å². The molecule has 0 aliphatic rings. The predicted molar refractivity (Wildman–Crippen MR) is 49.8 cm³/mol. The Morgan fingerprint density at radius 2 is 2.21 bits per heavy atom. The summed E-state index contributed by atoms with van der Waals surface area (Å²) in [6, 6.07) is 3.85. The second-order valence-corrected chi connectivity index (χ2v) is 3.02. The number of carbonyl (C=O) groups is 1. The molecule has 0 radical (unpaired) electrons. The predicted octanol–water partition coefficient (Wildman–Crippen LogP) is 0.160. The number of aromatic carboxylic acids is 1. The van der Waals surface area contributed by atoms with Crippen molar-refractivity contribution in [1.82, 2.24) is 4.98 Å². The third kappa shape index (κ3) is 2.27. The highest BCUT2D eigenvalue weighted by molar-refractivity contribution is 5.85. The molecular formula is C9H12N2O3. The van der Waals surface area contributed by atoms with Crippen molar-refractivity contribution in [2.75, 3.05) is 0 Å². The molecule has 0 bridgehead atoms. The van der Waals surface area contributed by atoms with Crippen LogP contribution in [0, 0.1) is 0 Å². The van der Waals surface area contributed by atoms with Gasteiger partial charge in [-0.1, -0.05) is 6.07 Å². The minimum Gasteiger partial charge on any atom is -0.477 e. The van der Waals surface area contributed by atoms with Gasteiger partial charge in [0.25, 0.3) is 0 Å². The first-order chi connectivity index (χ1) is 6.52. The van der Waals surface area contributed by atoms with Crippen LogP contribution in [0.25, 0.3) is 0 Å². The van der Waals surface area contributed by atoms with Crippen LogP contribution in [0.5, 0.6) is 0 Å². The van der Waals surface area contributed by atoms with Gasteiger partial charge >= 0.3 is 5.97 Å². The summed E-state index contributed by atoms with van der Waals surface area (Å²) < 4.78 is 0. The number of hydrogen-bond acceptors (Lipinski definition) is 4. The van der Waals surface area contributed by atoms with Gasteiger partial charge in [-0.15, -0.1) is 0 Å². The molecule has 1 aromatic heterocycles. The number of pyridine rings is 1. The number of carboxylic acids is 1. The molecule has 0 aliphatic carbocycles. The molecule has 0 saturated carbocycles. The van der Waals surface area contributed by atoms with Crippen molar-refractivity contribution in [2.24, 2.45) is 5.73 Å². The molecule has 0 unspecified atom stereocenters. The summed E-state index contributed by atoms with van der Waals surface area (Å²) in [5.41, 5.74) is 5.91. The van der Waals surface area contributed by atoms with Crippen LogP contribution in [0.4, 0.5) is 0 Å². The number of aromatic nitrogens is 1. The lowest BCUT2D eigenvalue weighted by Gasteiger charge is -2.13. The molecule has 5 nitrogen and oxygen atoms in total. The van der Waals surface area contributed by atoms with Crippen LogP contribution >= 0.6 is 0 Å². The Hall–Kier alpha value is -1.46. The van der Waals surface area contributed by atoms with Gasteiger partial charge in [0.2, 0.25) is 0 Å². The molecule has 14 heavy (non-hydrogen) atoms. The second kappa shape index (κ2) is 4.17. The number of aliphatic hydroxyl groups excluding tert-OH is 1. The number of nitrogens with zero attached hydrogens (tertiary/aromatic N) is 1. The molecule has 0 amide bonds. The number of rotatable bonds is 3. The summed E-state index contributed by atoms with van der Waals surface area (Å²) in [5.74, 6) is -1.11. The van der Waals surface area contributed by atoms with Gasteiger partial charge in [0.1, 0.15) is 5.69 Å². The van der Waals surface area contributed by atoms with E-state index in [2.05, 4.69) is 4.98 Å². The van der Waals surface area contributed by atoms with Crippen LogP contribution in [-0.2, 0) is 0 Å². The van der Waals surface area contributed by atoms with Crippen molar-refractivity contribution in [2.45, 2.75) is 19.1 Å². The normalized spacial score (nSPS) is 14.8. The van der Waals surface area contributed by atoms with Gasteiger partial charge in [-0.05, 0) is 19.1 Å². The Bertz CT molecular complexity index is 339. The molecule has 1 heterocycles. The monoisotopic (exact) mass is 196 g/mol. The molecule has 0 fully saturated rings. The molecule has 5 heteroatoms. The standard InChI is InChI=1S/C9H12N2O3/c1-5(12)8(10)6-3-2-4-7(11-6)9(13)14/h2-5,8,12H,10H2,1H3,(H,13,14)/t5-,8-/m0/s1. The lowest BCUT2D eigenvalue weighted by Crippen LogP contribution is -2.24. The summed E-state index contributed by atoms with van der Waals surface area (Å²) in [7, 11) is 0. The zero-order chi connectivity index (χ0) is 10.7. The molecule has 0 spiro atoms. The Balaban J connectivity index is 2.99. The highest BCUT2D eigenvalue weighted by atomic mass is 16.4. The number of carboxylic acid groups (broad SMARTS) is 1. The average molecular weight is 196 g/mol. The van der Waals surface area contributed by atoms with Crippen molar-refractivity contribution in [1.29, 1.82) is 0 Å². The maximum Gasteiger partial charge on any atom is 0.354 e. The zero-order valence-corrected chi connectivity index (χ0v) is 7.71. The number of hydrogen-bond donors (Lipinski definition) is 3. The van der Waals surface area contributed by atoms with E-state index in [0.29, 0.717) is 5.69 Å². The van der Waals surface area contributed by atoms with Crippen LogP contribution in [0.2, 0.25) is 0 Å². The maximum atomic E-state index is 10.6. The highest BCUT2D eigenvalue weighted by Crippen LogP contribution is 2.11. The fourth-order valence-electron chi connectivity index (χ4n) is 1.00. The fourth-order valence-corrected chi connectivity index (χ4v) is 1.00. The van der Waals surface area contributed by atoms with Crippen LogP contribution in [0.3, 0.4) is 0 Å². The Morgan fingerprint density at radius 1 is 1.57 bits per heavy atom. The van der Waals surface area contributed by atoms with E-state index >= 15 is 0 Å². The van der Waals surface area contributed by atoms with Crippen molar-refractivity contribution in [3.05, 3.63) is 29.6 Å². The number of aliphatic hydroxyl groups is 1. The lowest BCUT2D eigenvalue weighted by molar-refractivity contribution is 0.0689. The summed E-state index contributed by atoms with van der Waals surface area (Å²) >= 11 is 0. The van der Waals surface area contributed by atoms with E-state index in [1.807, 2.05) is 0 Å². The van der Waals surface area contributed by atoms with E-state index in [4.69, 9.17) is 10.8 Å². The van der Waals surface area contributed by atoms with E-state index in [9.17, 15) is 9.90 Å². The minimum absolute atomic E-state index is 0.0707. The van der Waals surface area contributed by atoms with Gasteiger partial charge in [0.05, 0.1) is 17.8 Å². The van der Waals surface area contributed by atoms with E-state index < -0.39 is 18.1 Å². The highest BCUT2D eigenvalue weighted by Gasteiger charge is 2.15. The van der Waals surface area contributed by atoms with Crippen molar-refractivity contribution in [3.63, 3.8) is 0 Å². The average Bonchev–Trinajstić information content (AvgIpc) is 2.16. The van der Waals surface area contributed by atoms with Crippen LogP contribution in [-0.4, -0.2) is 27.3 Å². The molecular weight excluding hydrogens is 184 g/mol. The van der Waals surface area contributed by atoms with Gasteiger partial charge in [-0.3, -0.25) is 0 Å². The number of nitrogens with two attached hydrogens (primary N) is 1. The van der Waals surface area contributed by atoms with Gasteiger partial charge in [-0.25, -0.2) is 9.78 Å². The first-order valence-corrected chi connectivity index (χ1v) is 4.16. The maximum absolute atomic E-state index is 10.6. The first-order valence-electron chi connectivity index (χ1n) is 4.16. The third-order valence-corrected chi connectivity index (χ3v) is 1.85. The van der Waals surface area contributed by atoms with E-state index in [0.717, 1.165) is 0 Å². The quantitative estimate of drug-likeness (QED) is 0.639. The molecule has 76 valence electrons. The summed E-state index contributed by atoms with van der Waals surface area (Å²) in [5, 5.41) is 17.9. The van der Waals surface area contributed by atoms with Crippen LogP contribution in [0.1, 0.15) is 29.1 Å². The fraction of sp³-hybridized carbons (Fsp3) is 0.333. The summed E-state index contributed by atoms with van der Waals surface area (Å²) in [6.45, 7) is 1.53. The zero-order valence-electron chi connectivity index (χ0n) is 7.71. The Kier molecular flexibility index (Phi) is 3.16. The molecule has 4 N–H and O–H groups in total. The van der Waals surface area contributed by atoms with E-state index in [1.165, 1.54) is 13.0 Å². The van der Waals surface area contributed by atoms with Gasteiger partial charge in [0.15, 0.2) is 0 Å². The van der Waals surface area contributed by atoms with Crippen molar-refractivity contribution >= 4 is 5.97 Å². The Labute approximate surface area is 81.2 Å². The van der Waals surface area contributed by atoms with Crippen molar-refractivity contribution < 1.29 is 15.0 Å². The van der Waals surface area contributed by atoms with Crippen molar-refractivity contribution in [3.8, 4) is 0 Å². The van der Waals surface area contributed by atoms with Crippen LogP contribution in [0.15, 0.2) is 18.2 Å². The van der Waals surface area contributed by atoms with Gasteiger partial charge in [-0.2, -0.15) is 0 Å². The molecule has 2 atom stereocenters. The SMILES string of the molecule is C[C@H](O)[C@H](N)c1cccc(C(=O)O)n1. The second-order valence-electron chi connectivity index (χ2n) is 3.02. The molecule has 1 aromatic rings. The van der Waals surface area contributed by atoms with Crippen LogP contribution < -0.4 is 5.73 Å². The minimum atomic E-state index is -1.11. The van der Waals surface area contributed by atoms with Gasteiger partial charge < -0.3 is 15.9 Å². The first kappa shape index (κ1) is 10.6. The Morgan fingerprint density at radius 3 is 2.71 bits per heavy atom. The topological polar surface area (TPSA) is 96.4 Å². The lowest BCUT2D eigenvalue weighted by atomic mass is 10.1. The smallest absolute Gasteiger partial charge is 0.354 e. The molecule has 1 rings (SSSR count).